The average molecular weight is 499 g/mol. The third-order valence-electron chi connectivity index (χ3n) is 4.12. The topological polar surface area (TPSA) is 85.6 Å². The lowest BCUT2D eigenvalue weighted by Gasteiger charge is -2.09. The van der Waals surface area contributed by atoms with E-state index in [9.17, 15) is 13.2 Å². The Labute approximate surface area is 171 Å². The third kappa shape index (κ3) is 4.11. The lowest BCUT2D eigenvalue weighted by atomic mass is 10.1. The zero-order chi connectivity index (χ0) is 19.6. The van der Waals surface area contributed by atoms with Crippen LogP contribution in [-0.4, -0.2) is 30.1 Å². The van der Waals surface area contributed by atoms with Gasteiger partial charge in [-0.3, -0.25) is 4.79 Å². The number of carboxylic acids is 1. The molecular weight excluding hydrogens is 481 g/mol. The van der Waals surface area contributed by atoms with E-state index in [0.717, 1.165) is 3.57 Å². The van der Waals surface area contributed by atoms with Gasteiger partial charge in [0.2, 0.25) is 0 Å². The van der Waals surface area contributed by atoms with Crippen LogP contribution < -0.4 is 4.74 Å². The molecule has 0 spiro atoms. The monoisotopic (exact) mass is 499 g/mol. The van der Waals surface area contributed by atoms with E-state index in [2.05, 4.69) is 22.6 Å². The van der Waals surface area contributed by atoms with Crippen molar-refractivity contribution in [1.29, 1.82) is 0 Å². The molecule has 0 atom stereocenters. The van der Waals surface area contributed by atoms with Gasteiger partial charge in [-0.15, -0.1) is 0 Å². The molecule has 0 aliphatic heterocycles. The summed E-state index contributed by atoms with van der Waals surface area (Å²) in [5.74, 6) is -0.366. The quantitative estimate of drug-likeness (QED) is 0.499. The molecule has 0 amide bonds. The van der Waals surface area contributed by atoms with E-state index in [1.807, 2.05) is 6.92 Å². The highest BCUT2D eigenvalue weighted by Crippen LogP contribution is 2.30. The molecule has 0 aliphatic rings. The van der Waals surface area contributed by atoms with Gasteiger partial charge in [-0.05, 0) is 77.9 Å². The number of aliphatic carboxylic acids is 1. The van der Waals surface area contributed by atoms with Crippen LogP contribution in [0, 0.1) is 3.57 Å². The summed E-state index contributed by atoms with van der Waals surface area (Å²) >= 11 is 2.11. The van der Waals surface area contributed by atoms with E-state index in [0.29, 0.717) is 28.8 Å². The molecule has 0 saturated carbocycles. The highest BCUT2D eigenvalue weighted by atomic mass is 127. The molecule has 0 unspecified atom stereocenters. The maximum Gasteiger partial charge on any atom is 0.303 e. The molecule has 0 bridgehead atoms. The molecule has 0 fully saturated rings. The van der Waals surface area contributed by atoms with E-state index in [-0.39, 0.29) is 17.7 Å². The Balaban J connectivity index is 2.18. The van der Waals surface area contributed by atoms with Crippen LogP contribution in [0.4, 0.5) is 0 Å². The number of halogens is 1. The fraction of sp³-hybridized carbons (Fsp3) is 0.211. The Bertz CT molecular complexity index is 1090. The summed E-state index contributed by atoms with van der Waals surface area (Å²) in [6.07, 6.45) is 1.68. The molecule has 1 heterocycles. The van der Waals surface area contributed by atoms with Gasteiger partial charge in [0.15, 0.2) is 0 Å². The van der Waals surface area contributed by atoms with Gasteiger partial charge in [0.1, 0.15) is 5.75 Å². The number of carbonyl (C=O) groups is 1. The van der Waals surface area contributed by atoms with Crippen molar-refractivity contribution < 1.29 is 23.1 Å². The number of benzene rings is 2. The normalized spacial score (nSPS) is 11.6. The largest absolute Gasteiger partial charge is 0.494 e. The first-order valence-electron chi connectivity index (χ1n) is 8.32. The van der Waals surface area contributed by atoms with Crippen molar-refractivity contribution in [2.45, 2.75) is 24.7 Å². The smallest absolute Gasteiger partial charge is 0.303 e. The van der Waals surface area contributed by atoms with Crippen molar-refractivity contribution in [2.75, 3.05) is 6.61 Å². The van der Waals surface area contributed by atoms with Gasteiger partial charge in [-0.1, -0.05) is 0 Å². The predicted molar refractivity (Wildman–Crippen MR) is 111 cm³/mol. The average Bonchev–Trinajstić information content (AvgIpc) is 2.99. The Kier molecular flexibility index (Phi) is 5.75. The number of nitrogens with zero attached hydrogens (tertiary/aromatic N) is 1. The summed E-state index contributed by atoms with van der Waals surface area (Å²) in [6.45, 7) is 2.31. The zero-order valence-electron chi connectivity index (χ0n) is 14.6. The van der Waals surface area contributed by atoms with Crippen molar-refractivity contribution in [2.24, 2.45) is 0 Å². The van der Waals surface area contributed by atoms with Gasteiger partial charge < -0.3 is 9.84 Å². The molecular formula is C19H18INO5S. The minimum Gasteiger partial charge on any atom is -0.494 e. The number of aryl methyl sites for hydroxylation is 1. The van der Waals surface area contributed by atoms with Crippen molar-refractivity contribution in [1.82, 2.24) is 3.97 Å². The van der Waals surface area contributed by atoms with Crippen molar-refractivity contribution in [3.63, 3.8) is 0 Å². The van der Waals surface area contributed by atoms with Crippen LogP contribution >= 0.6 is 22.6 Å². The molecule has 2 aromatic carbocycles. The number of hydrogen-bond acceptors (Lipinski definition) is 4. The minimum absolute atomic E-state index is 0.0735. The first kappa shape index (κ1) is 19.7. The van der Waals surface area contributed by atoms with Gasteiger partial charge in [0.05, 0.1) is 17.0 Å². The van der Waals surface area contributed by atoms with Crippen LogP contribution in [0.25, 0.3) is 10.9 Å². The molecule has 0 radical (unpaired) electrons. The molecule has 27 heavy (non-hydrogen) atoms. The molecule has 142 valence electrons. The SMILES string of the molecule is CCOc1ccc2c(CCC(=O)O)cn(S(=O)(=O)c3ccc(I)cc3)c2c1. The number of aromatic nitrogens is 1. The van der Waals surface area contributed by atoms with Gasteiger partial charge in [-0.25, -0.2) is 12.4 Å². The lowest BCUT2D eigenvalue weighted by Crippen LogP contribution is -2.12. The first-order chi connectivity index (χ1) is 12.8. The van der Waals surface area contributed by atoms with Crippen LogP contribution in [0.1, 0.15) is 18.9 Å². The van der Waals surface area contributed by atoms with E-state index in [1.54, 1.807) is 42.5 Å². The number of rotatable bonds is 7. The van der Waals surface area contributed by atoms with E-state index in [4.69, 9.17) is 9.84 Å². The molecule has 6 nitrogen and oxygen atoms in total. The van der Waals surface area contributed by atoms with Crippen LogP contribution in [0.5, 0.6) is 5.75 Å². The Morgan fingerprint density at radius 3 is 2.52 bits per heavy atom. The van der Waals surface area contributed by atoms with Crippen LogP contribution in [0.3, 0.4) is 0 Å². The van der Waals surface area contributed by atoms with Gasteiger partial charge >= 0.3 is 5.97 Å². The van der Waals surface area contributed by atoms with Crippen molar-refractivity contribution in [3.8, 4) is 5.75 Å². The number of fused-ring (bicyclic) bond motifs is 1. The Morgan fingerprint density at radius 1 is 1.19 bits per heavy atom. The highest BCUT2D eigenvalue weighted by Gasteiger charge is 2.22. The standard InChI is InChI=1S/C19H18INO5S/c1-2-26-15-6-9-17-13(3-10-19(22)23)12-21(18(17)11-15)27(24,25)16-7-4-14(20)5-8-16/h4-9,11-12H,2-3,10H2,1H3,(H,22,23). The summed E-state index contributed by atoms with van der Waals surface area (Å²) in [5, 5.41) is 9.69. The second kappa shape index (κ2) is 7.89. The summed E-state index contributed by atoms with van der Waals surface area (Å²) < 4.78 is 34.0. The van der Waals surface area contributed by atoms with Gasteiger partial charge in [0.25, 0.3) is 10.0 Å². The summed E-state index contributed by atoms with van der Waals surface area (Å²) in [6, 6.07) is 11.8. The number of carboxylic acid groups (broad SMARTS) is 1. The zero-order valence-corrected chi connectivity index (χ0v) is 17.5. The molecule has 8 heteroatoms. The maximum absolute atomic E-state index is 13.2. The number of ether oxygens (including phenoxy) is 1. The molecule has 0 saturated heterocycles. The molecule has 3 aromatic rings. The Hall–Kier alpha value is -2.07. The Morgan fingerprint density at radius 2 is 1.89 bits per heavy atom. The fourth-order valence-electron chi connectivity index (χ4n) is 2.86. The van der Waals surface area contributed by atoms with Crippen molar-refractivity contribution in [3.05, 3.63) is 57.8 Å². The van der Waals surface area contributed by atoms with Crippen molar-refractivity contribution >= 4 is 49.5 Å². The summed E-state index contributed by atoms with van der Waals surface area (Å²) in [5.41, 5.74) is 1.14. The third-order valence-corrected chi connectivity index (χ3v) is 6.52. The van der Waals surface area contributed by atoms with Crippen LogP contribution in [0.2, 0.25) is 0 Å². The van der Waals surface area contributed by atoms with E-state index in [1.165, 1.54) is 10.2 Å². The van der Waals surface area contributed by atoms with E-state index < -0.39 is 16.0 Å². The summed E-state index contributed by atoms with van der Waals surface area (Å²) in [4.78, 5) is 11.1. The highest BCUT2D eigenvalue weighted by molar-refractivity contribution is 14.1. The maximum atomic E-state index is 13.2. The number of hydrogen-bond donors (Lipinski definition) is 1. The summed E-state index contributed by atoms with van der Waals surface area (Å²) in [7, 11) is -3.82. The molecule has 3 rings (SSSR count). The second-order valence-corrected chi connectivity index (χ2v) is 8.98. The van der Waals surface area contributed by atoms with Crippen LogP contribution in [0.15, 0.2) is 53.6 Å². The van der Waals surface area contributed by atoms with E-state index >= 15 is 0 Å². The fourth-order valence-corrected chi connectivity index (χ4v) is 4.60. The minimum atomic E-state index is -3.82. The molecule has 1 aromatic heterocycles. The second-order valence-electron chi connectivity index (χ2n) is 5.91. The first-order valence-corrected chi connectivity index (χ1v) is 10.8. The van der Waals surface area contributed by atoms with Crippen LogP contribution in [-0.2, 0) is 21.2 Å². The van der Waals surface area contributed by atoms with Gasteiger partial charge in [0, 0.05) is 27.6 Å². The lowest BCUT2D eigenvalue weighted by molar-refractivity contribution is -0.136. The molecule has 0 aliphatic carbocycles. The molecule has 1 N–H and O–H groups in total. The van der Waals surface area contributed by atoms with Gasteiger partial charge in [-0.2, -0.15) is 0 Å². The predicted octanol–water partition coefficient (Wildman–Crippen LogP) is 3.90.